The van der Waals surface area contributed by atoms with Gasteiger partial charge in [0.05, 0.1) is 29.4 Å². The fourth-order valence-corrected chi connectivity index (χ4v) is 4.05. The number of ether oxygens (including phenoxy) is 1. The van der Waals surface area contributed by atoms with E-state index in [4.69, 9.17) is 44.6 Å². The SMILES string of the molecule is COc1cc(C2CC(c3ccc(Cl)cc3Cl)=NN2C(C)=O)cc2[nH]c(=S)oc12. The van der Waals surface area contributed by atoms with Crippen LogP contribution in [0.2, 0.25) is 10.0 Å². The Hall–Kier alpha value is -2.35. The number of oxazole rings is 1. The lowest BCUT2D eigenvalue weighted by molar-refractivity contribution is -0.130. The molecule has 0 bridgehead atoms. The fourth-order valence-electron chi connectivity index (χ4n) is 3.34. The van der Waals surface area contributed by atoms with Crippen molar-refractivity contribution in [2.24, 2.45) is 5.10 Å². The number of aromatic amines is 1. The van der Waals surface area contributed by atoms with E-state index in [1.54, 1.807) is 25.3 Å². The van der Waals surface area contributed by atoms with E-state index in [9.17, 15) is 4.79 Å². The number of aromatic nitrogens is 1. The standard InChI is InChI=1S/C19H15Cl2N3O3S/c1-9(25)24-16(8-14(23-24)12-4-3-11(20)7-13(12)21)10-5-15-18(17(6-10)26-2)27-19(28)22-15/h3-7,16H,8H2,1-2H3,(H,22,28). The molecule has 0 aliphatic carbocycles. The van der Waals surface area contributed by atoms with Crippen molar-refractivity contribution in [3.8, 4) is 5.75 Å². The van der Waals surface area contributed by atoms with Gasteiger partial charge in [-0.3, -0.25) is 4.79 Å². The lowest BCUT2D eigenvalue weighted by Gasteiger charge is -2.21. The second-order valence-electron chi connectivity index (χ2n) is 6.37. The van der Waals surface area contributed by atoms with E-state index in [0.717, 1.165) is 11.1 Å². The Morgan fingerprint density at radius 3 is 2.82 bits per heavy atom. The van der Waals surface area contributed by atoms with Gasteiger partial charge in [0, 0.05) is 23.9 Å². The molecule has 9 heteroatoms. The Labute approximate surface area is 175 Å². The van der Waals surface area contributed by atoms with Crippen LogP contribution in [0.3, 0.4) is 0 Å². The van der Waals surface area contributed by atoms with Crippen LogP contribution in [0, 0.1) is 4.84 Å². The van der Waals surface area contributed by atoms with Crippen LogP contribution in [0.25, 0.3) is 11.1 Å². The molecule has 0 radical (unpaired) electrons. The summed E-state index contributed by atoms with van der Waals surface area (Å²) in [6.07, 6.45) is 0.494. The minimum absolute atomic E-state index is 0.177. The molecule has 2 heterocycles. The number of benzene rings is 2. The summed E-state index contributed by atoms with van der Waals surface area (Å²) < 4.78 is 10.9. The van der Waals surface area contributed by atoms with Gasteiger partial charge in [0.1, 0.15) is 0 Å². The third kappa shape index (κ3) is 3.30. The van der Waals surface area contributed by atoms with E-state index in [-0.39, 0.29) is 16.8 Å². The summed E-state index contributed by atoms with van der Waals surface area (Å²) in [4.78, 5) is 15.5. The number of carbonyl (C=O) groups is 1. The predicted molar refractivity (Wildman–Crippen MR) is 111 cm³/mol. The first-order valence-corrected chi connectivity index (χ1v) is 9.57. The third-order valence-electron chi connectivity index (χ3n) is 4.59. The lowest BCUT2D eigenvalue weighted by atomic mass is 9.97. The first-order valence-electron chi connectivity index (χ1n) is 8.41. The van der Waals surface area contributed by atoms with Crippen molar-refractivity contribution in [3.05, 3.63) is 56.3 Å². The smallest absolute Gasteiger partial charge is 0.267 e. The van der Waals surface area contributed by atoms with Gasteiger partial charge in [0.25, 0.3) is 4.84 Å². The zero-order valence-electron chi connectivity index (χ0n) is 15.0. The van der Waals surface area contributed by atoms with Gasteiger partial charge < -0.3 is 14.1 Å². The lowest BCUT2D eigenvalue weighted by Crippen LogP contribution is -2.24. The summed E-state index contributed by atoms with van der Waals surface area (Å²) in [6, 6.07) is 8.62. The van der Waals surface area contributed by atoms with Gasteiger partial charge in [-0.05, 0) is 42.0 Å². The summed E-state index contributed by atoms with van der Waals surface area (Å²) in [5, 5.41) is 7.01. The van der Waals surface area contributed by atoms with Crippen LogP contribution in [-0.4, -0.2) is 28.7 Å². The van der Waals surface area contributed by atoms with Crippen molar-refractivity contribution in [3.63, 3.8) is 0 Å². The van der Waals surface area contributed by atoms with Crippen molar-refractivity contribution in [2.45, 2.75) is 19.4 Å². The molecule has 2 aromatic carbocycles. The van der Waals surface area contributed by atoms with Gasteiger partial charge in [0.15, 0.2) is 11.3 Å². The maximum Gasteiger partial charge on any atom is 0.267 e. The van der Waals surface area contributed by atoms with E-state index in [0.29, 0.717) is 39.0 Å². The van der Waals surface area contributed by atoms with Crippen LogP contribution in [0.1, 0.15) is 30.5 Å². The largest absolute Gasteiger partial charge is 0.493 e. The Bertz CT molecular complexity index is 1180. The molecule has 3 aromatic rings. The summed E-state index contributed by atoms with van der Waals surface area (Å²) in [5.41, 5.74) is 3.53. The normalized spacial score (nSPS) is 16.5. The van der Waals surface area contributed by atoms with Crippen molar-refractivity contribution < 1.29 is 13.9 Å². The number of rotatable bonds is 3. The highest BCUT2D eigenvalue weighted by Gasteiger charge is 2.33. The van der Waals surface area contributed by atoms with Crippen LogP contribution in [0.15, 0.2) is 39.9 Å². The Morgan fingerprint density at radius 1 is 1.36 bits per heavy atom. The van der Waals surface area contributed by atoms with E-state index < -0.39 is 0 Å². The second kappa shape index (κ2) is 7.24. The first kappa shape index (κ1) is 19.0. The number of hydrogen-bond acceptors (Lipinski definition) is 5. The van der Waals surface area contributed by atoms with Crippen molar-refractivity contribution in [1.82, 2.24) is 9.99 Å². The minimum atomic E-state index is -0.311. The third-order valence-corrected chi connectivity index (χ3v) is 5.32. The number of methoxy groups -OCH3 is 1. The molecule has 1 N–H and O–H groups in total. The van der Waals surface area contributed by atoms with Gasteiger partial charge in [-0.15, -0.1) is 0 Å². The van der Waals surface area contributed by atoms with E-state index in [1.165, 1.54) is 11.9 Å². The van der Waals surface area contributed by atoms with Gasteiger partial charge >= 0.3 is 0 Å². The molecule has 28 heavy (non-hydrogen) atoms. The average molecular weight is 436 g/mol. The molecule has 1 amide bonds. The minimum Gasteiger partial charge on any atom is -0.493 e. The van der Waals surface area contributed by atoms with E-state index >= 15 is 0 Å². The topological polar surface area (TPSA) is 70.8 Å². The molecule has 0 saturated carbocycles. The van der Waals surface area contributed by atoms with Gasteiger partial charge in [-0.2, -0.15) is 5.10 Å². The maximum absolute atomic E-state index is 12.3. The molecule has 6 nitrogen and oxygen atoms in total. The summed E-state index contributed by atoms with van der Waals surface area (Å²) in [5.74, 6) is 0.352. The van der Waals surface area contributed by atoms with Gasteiger partial charge in [-0.1, -0.05) is 29.3 Å². The molecule has 1 atom stereocenters. The second-order valence-corrected chi connectivity index (χ2v) is 7.58. The monoisotopic (exact) mass is 435 g/mol. The molecule has 0 saturated heterocycles. The van der Waals surface area contributed by atoms with E-state index in [1.807, 2.05) is 12.1 Å². The highest BCUT2D eigenvalue weighted by molar-refractivity contribution is 7.71. The molecule has 4 rings (SSSR count). The quantitative estimate of drug-likeness (QED) is 0.550. The molecular weight excluding hydrogens is 421 g/mol. The van der Waals surface area contributed by atoms with Crippen molar-refractivity contribution in [2.75, 3.05) is 7.11 Å². The summed E-state index contributed by atoms with van der Waals surface area (Å²) >= 11 is 17.4. The number of amides is 1. The zero-order valence-corrected chi connectivity index (χ0v) is 17.3. The predicted octanol–water partition coefficient (Wildman–Crippen LogP) is 5.50. The van der Waals surface area contributed by atoms with Crippen molar-refractivity contribution in [1.29, 1.82) is 0 Å². The molecule has 1 aliphatic rings. The number of hydrogen-bond donors (Lipinski definition) is 1. The number of nitrogens with one attached hydrogen (secondary N) is 1. The van der Waals surface area contributed by atoms with Gasteiger partial charge in [0.2, 0.25) is 5.91 Å². The van der Waals surface area contributed by atoms with Crippen molar-refractivity contribution >= 4 is 58.1 Å². The summed E-state index contributed by atoms with van der Waals surface area (Å²) in [6.45, 7) is 1.48. The van der Waals surface area contributed by atoms with Crippen LogP contribution in [0.5, 0.6) is 5.75 Å². The zero-order chi connectivity index (χ0) is 20.0. The van der Waals surface area contributed by atoms with Crippen LogP contribution < -0.4 is 4.74 Å². The number of halogens is 2. The molecule has 1 aliphatic heterocycles. The van der Waals surface area contributed by atoms with Crippen LogP contribution in [0.4, 0.5) is 0 Å². The number of hydrazone groups is 1. The Kier molecular flexibility index (Phi) is 4.91. The van der Waals surface area contributed by atoms with Crippen LogP contribution >= 0.6 is 35.4 Å². The van der Waals surface area contributed by atoms with Crippen LogP contribution in [-0.2, 0) is 4.79 Å². The highest BCUT2D eigenvalue weighted by Crippen LogP contribution is 2.38. The molecule has 144 valence electrons. The van der Waals surface area contributed by atoms with E-state index in [2.05, 4.69) is 10.1 Å². The number of nitrogens with zero attached hydrogens (tertiary/aromatic N) is 2. The molecule has 1 unspecified atom stereocenters. The molecule has 0 fully saturated rings. The maximum atomic E-state index is 12.3. The first-order chi connectivity index (χ1) is 13.4. The number of H-pyrrole nitrogens is 1. The highest BCUT2D eigenvalue weighted by atomic mass is 35.5. The molecule has 0 spiro atoms. The molecular formula is C19H15Cl2N3O3S. The average Bonchev–Trinajstić information content (AvgIpc) is 3.23. The molecule has 1 aromatic heterocycles. The van der Waals surface area contributed by atoms with Gasteiger partial charge in [-0.25, -0.2) is 5.01 Å². The fraction of sp³-hybridized carbons (Fsp3) is 0.211. The Balaban J connectivity index is 1.79. The Morgan fingerprint density at radius 2 is 2.14 bits per heavy atom. The number of carbonyl (C=O) groups excluding carboxylic acids is 1. The summed E-state index contributed by atoms with van der Waals surface area (Å²) in [7, 11) is 1.55. The number of fused-ring (bicyclic) bond motifs is 1.